The number of benzene rings is 1. The molecule has 2 aromatic rings. The number of aromatic nitrogens is 4. The summed E-state index contributed by atoms with van der Waals surface area (Å²) in [6.45, 7) is 0. The van der Waals surface area contributed by atoms with E-state index in [1.165, 1.54) is 4.68 Å². The summed E-state index contributed by atoms with van der Waals surface area (Å²) in [5.74, 6) is 0. The molecule has 0 atom stereocenters. The zero-order valence-corrected chi connectivity index (χ0v) is 7.77. The van der Waals surface area contributed by atoms with E-state index < -0.39 is 10.3 Å². The van der Waals surface area contributed by atoms with Crippen molar-refractivity contribution in [2.75, 3.05) is 0 Å². The number of tetrazole rings is 1. The Morgan fingerprint density at radius 1 is 1.21 bits per heavy atom. The van der Waals surface area contributed by atoms with Gasteiger partial charge in [0.25, 0.3) is 15.1 Å². The largest absolute Gasteiger partial charge is 0.298 e. The highest BCUT2D eigenvalue weighted by atomic mass is 32.2. The minimum Gasteiger partial charge on any atom is -0.206 e. The Hall–Kier alpha value is -1.89. The lowest BCUT2D eigenvalue weighted by molar-refractivity contribution is 0.622. The molecule has 1 aromatic heterocycles. The van der Waals surface area contributed by atoms with E-state index in [0.717, 1.165) is 0 Å². The molecule has 1 heterocycles. The molecule has 0 unspecified atom stereocenters. The third kappa shape index (κ3) is 1.44. The fourth-order valence-corrected chi connectivity index (χ4v) is 1.45. The van der Waals surface area contributed by atoms with Crippen LogP contribution in [0.5, 0.6) is 0 Å². The summed E-state index contributed by atoms with van der Waals surface area (Å²) >= 11 is 0. The van der Waals surface area contributed by atoms with E-state index in [4.69, 9.17) is 0 Å². The monoisotopic (exact) mass is 210 g/mol. The smallest absolute Gasteiger partial charge is 0.206 e. The van der Waals surface area contributed by atoms with Gasteiger partial charge in [0.15, 0.2) is 0 Å². The zero-order valence-electron chi connectivity index (χ0n) is 6.95. The molecule has 0 amide bonds. The van der Waals surface area contributed by atoms with Crippen molar-refractivity contribution >= 4 is 10.3 Å². The minimum absolute atomic E-state index is 0.142. The van der Waals surface area contributed by atoms with Crippen molar-refractivity contribution in [1.82, 2.24) is 20.2 Å². The van der Waals surface area contributed by atoms with Crippen LogP contribution in [0, 0.1) is 4.77 Å². The van der Waals surface area contributed by atoms with Gasteiger partial charge in [-0.25, -0.2) is 4.68 Å². The summed E-state index contributed by atoms with van der Waals surface area (Å²) < 4.78 is 22.6. The van der Waals surface area contributed by atoms with Crippen LogP contribution >= 0.6 is 0 Å². The maximum Gasteiger partial charge on any atom is 0.298 e. The third-order valence-electron chi connectivity index (χ3n) is 1.64. The highest BCUT2D eigenvalue weighted by Gasteiger charge is 1.99. The Morgan fingerprint density at radius 3 is 2.57 bits per heavy atom. The summed E-state index contributed by atoms with van der Waals surface area (Å²) in [5.41, 5.74) is 0.664. The van der Waals surface area contributed by atoms with Gasteiger partial charge in [0.1, 0.15) is 0 Å². The van der Waals surface area contributed by atoms with Crippen LogP contribution in [0.1, 0.15) is 0 Å². The molecule has 0 saturated carbocycles. The molecule has 0 spiro atoms. The van der Waals surface area contributed by atoms with Crippen molar-refractivity contribution in [1.29, 1.82) is 0 Å². The summed E-state index contributed by atoms with van der Waals surface area (Å²) in [6, 6.07) is 8.91. The second-order valence-electron chi connectivity index (χ2n) is 2.49. The molecular weight excluding hydrogens is 204 g/mol. The SMILES string of the molecule is O=S(=O)=c1nn[nH]n1-c1ccccc1. The lowest BCUT2D eigenvalue weighted by Gasteiger charge is -1.97. The first kappa shape index (κ1) is 8.70. The summed E-state index contributed by atoms with van der Waals surface area (Å²) in [7, 11) is -2.40. The number of nitrogens with zero attached hydrogens (tertiary/aromatic N) is 3. The van der Waals surface area contributed by atoms with Crippen molar-refractivity contribution in [2.45, 2.75) is 0 Å². The predicted molar refractivity (Wildman–Crippen MR) is 47.9 cm³/mol. The average molecular weight is 210 g/mol. The topological polar surface area (TPSA) is 80.6 Å². The van der Waals surface area contributed by atoms with E-state index in [1.807, 2.05) is 6.07 Å². The second kappa shape index (κ2) is 3.46. The fraction of sp³-hybridized carbons (Fsp3) is 0. The molecular formula is C7H6N4O2S. The number of H-pyrrole nitrogens is 1. The number of aromatic amines is 1. The molecule has 72 valence electrons. The third-order valence-corrected chi connectivity index (χ3v) is 2.20. The Kier molecular flexibility index (Phi) is 2.15. The van der Waals surface area contributed by atoms with Gasteiger partial charge in [-0.1, -0.05) is 28.5 Å². The van der Waals surface area contributed by atoms with Crippen LogP contribution in [-0.4, -0.2) is 28.6 Å². The van der Waals surface area contributed by atoms with Gasteiger partial charge in [0.2, 0.25) is 0 Å². The van der Waals surface area contributed by atoms with Crippen LogP contribution in [0.3, 0.4) is 0 Å². The quantitative estimate of drug-likeness (QED) is 0.672. The molecule has 0 saturated heterocycles. The van der Waals surface area contributed by atoms with Crippen LogP contribution in [0.4, 0.5) is 0 Å². The molecule has 0 bridgehead atoms. The normalized spacial score (nSPS) is 10.0. The van der Waals surface area contributed by atoms with Gasteiger partial charge in [-0.3, -0.25) is 0 Å². The van der Waals surface area contributed by atoms with E-state index in [0.29, 0.717) is 5.69 Å². The van der Waals surface area contributed by atoms with Gasteiger partial charge in [0, 0.05) is 0 Å². The highest BCUT2D eigenvalue weighted by molar-refractivity contribution is 7.63. The summed E-state index contributed by atoms with van der Waals surface area (Å²) in [5, 5.41) is 9.32. The molecule has 14 heavy (non-hydrogen) atoms. The zero-order chi connectivity index (χ0) is 9.97. The van der Waals surface area contributed by atoms with Gasteiger partial charge in [0.05, 0.1) is 5.69 Å². The Morgan fingerprint density at radius 2 is 1.93 bits per heavy atom. The number of para-hydroxylation sites is 1. The lowest BCUT2D eigenvalue weighted by Crippen LogP contribution is -1.97. The van der Waals surface area contributed by atoms with E-state index in [2.05, 4.69) is 15.5 Å². The second-order valence-corrected chi connectivity index (χ2v) is 3.32. The molecule has 1 aromatic carbocycles. The molecule has 2 rings (SSSR count). The van der Waals surface area contributed by atoms with E-state index in [1.54, 1.807) is 24.3 Å². The first-order valence-corrected chi connectivity index (χ1v) is 4.84. The first-order valence-electron chi connectivity index (χ1n) is 3.77. The number of hydrogen-bond donors (Lipinski definition) is 1. The number of nitrogens with one attached hydrogen (secondary N) is 1. The van der Waals surface area contributed by atoms with Crippen LogP contribution in [0.25, 0.3) is 5.69 Å². The fourth-order valence-electron chi connectivity index (χ4n) is 1.05. The molecule has 6 nitrogen and oxygen atoms in total. The molecule has 0 fully saturated rings. The van der Waals surface area contributed by atoms with Crippen LogP contribution < -0.4 is 0 Å². The maximum atomic E-state index is 10.7. The highest BCUT2D eigenvalue weighted by Crippen LogP contribution is 2.02. The van der Waals surface area contributed by atoms with Crippen LogP contribution in [0.15, 0.2) is 30.3 Å². The van der Waals surface area contributed by atoms with Gasteiger partial charge in [-0.2, -0.15) is 13.6 Å². The maximum absolute atomic E-state index is 10.7. The van der Waals surface area contributed by atoms with E-state index in [9.17, 15) is 8.42 Å². The van der Waals surface area contributed by atoms with Crippen molar-refractivity contribution < 1.29 is 8.42 Å². The van der Waals surface area contributed by atoms with Crippen molar-refractivity contribution in [2.24, 2.45) is 0 Å². The molecule has 0 aliphatic carbocycles. The summed E-state index contributed by atoms with van der Waals surface area (Å²) in [6.07, 6.45) is 0. The summed E-state index contributed by atoms with van der Waals surface area (Å²) in [4.78, 5) is 0. The Bertz CT molecular complexity index is 588. The van der Waals surface area contributed by atoms with Gasteiger partial charge >= 0.3 is 0 Å². The Balaban J connectivity index is 2.78. The Labute approximate surface area is 80.3 Å². The van der Waals surface area contributed by atoms with Crippen LogP contribution in [0.2, 0.25) is 0 Å². The molecule has 0 radical (unpaired) electrons. The van der Waals surface area contributed by atoms with Crippen molar-refractivity contribution in [3.63, 3.8) is 0 Å². The first-order chi connectivity index (χ1) is 6.79. The van der Waals surface area contributed by atoms with Gasteiger partial charge in [-0.15, -0.1) is 0 Å². The molecule has 1 N–H and O–H groups in total. The molecule has 0 aliphatic heterocycles. The molecule has 7 heteroatoms. The predicted octanol–water partition coefficient (Wildman–Crippen LogP) is 0.00649. The molecule has 0 aliphatic rings. The van der Waals surface area contributed by atoms with E-state index >= 15 is 0 Å². The standard InChI is InChI=1S/C7H6N4O2S/c12-14(13)7-8-9-10-11(7)6-4-2-1-3-5-6/h1-5H,(H,8,10). The van der Waals surface area contributed by atoms with E-state index in [-0.39, 0.29) is 4.77 Å². The lowest BCUT2D eigenvalue weighted by atomic mass is 10.3. The van der Waals surface area contributed by atoms with Crippen molar-refractivity contribution in [3.8, 4) is 5.69 Å². The van der Waals surface area contributed by atoms with Gasteiger partial charge in [-0.05, 0) is 12.1 Å². The van der Waals surface area contributed by atoms with Crippen molar-refractivity contribution in [3.05, 3.63) is 35.1 Å². The number of rotatable bonds is 1. The van der Waals surface area contributed by atoms with Crippen LogP contribution in [-0.2, 0) is 10.3 Å². The number of hydrogen-bond acceptors (Lipinski definition) is 4. The van der Waals surface area contributed by atoms with Gasteiger partial charge < -0.3 is 0 Å². The minimum atomic E-state index is -2.40. The average Bonchev–Trinajstić information content (AvgIpc) is 2.67.